The number of rotatable bonds is 3. The summed E-state index contributed by atoms with van der Waals surface area (Å²) < 4.78 is 5.05. The molecule has 0 aromatic carbocycles. The molecule has 1 unspecified atom stereocenters. The van der Waals surface area contributed by atoms with Crippen molar-refractivity contribution in [1.82, 2.24) is 5.01 Å². The van der Waals surface area contributed by atoms with Crippen molar-refractivity contribution in [3.05, 3.63) is 12.3 Å². The smallest absolute Gasteiger partial charge is 0.425 e. The minimum atomic E-state index is -0.689. The highest BCUT2D eigenvalue weighted by Crippen LogP contribution is 2.11. The first-order chi connectivity index (χ1) is 7.31. The first kappa shape index (κ1) is 14.3. The van der Waals surface area contributed by atoms with Gasteiger partial charge in [0.15, 0.2) is 0 Å². The molecule has 0 aliphatic carbocycles. The number of nitrogens with two attached hydrogens (primary N) is 1. The van der Waals surface area contributed by atoms with Gasteiger partial charge in [0.25, 0.3) is 0 Å². The normalized spacial score (nSPS) is 13.2. The van der Waals surface area contributed by atoms with Crippen molar-refractivity contribution in [2.75, 3.05) is 0 Å². The van der Waals surface area contributed by atoms with Gasteiger partial charge >= 0.3 is 6.09 Å². The fourth-order valence-corrected chi connectivity index (χ4v) is 0.929. The van der Waals surface area contributed by atoms with Crippen molar-refractivity contribution in [2.45, 2.75) is 38.8 Å². The average molecular weight is 226 g/mol. The molecule has 1 amide bonds. The minimum absolute atomic E-state index is 0.201. The molecule has 3 N–H and O–H groups in total. The SMILES string of the molecule is C#CCC(C=CO)N(N)C(=O)OC(C)(C)C. The summed E-state index contributed by atoms with van der Waals surface area (Å²) >= 11 is 0. The molecule has 0 spiro atoms. The Morgan fingerprint density at radius 2 is 2.25 bits per heavy atom. The van der Waals surface area contributed by atoms with Crippen LogP contribution in [0.4, 0.5) is 4.79 Å². The van der Waals surface area contributed by atoms with Crippen molar-refractivity contribution < 1.29 is 14.6 Å². The van der Waals surface area contributed by atoms with Crippen molar-refractivity contribution in [1.29, 1.82) is 0 Å². The number of hydrazine groups is 1. The molecule has 1 atom stereocenters. The number of amides is 1. The molecule has 0 rings (SSSR count). The van der Waals surface area contributed by atoms with Crippen LogP contribution in [0, 0.1) is 12.3 Å². The lowest BCUT2D eigenvalue weighted by atomic mass is 10.2. The van der Waals surface area contributed by atoms with Gasteiger partial charge in [-0.3, -0.25) is 0 Å². The van der Waals surface area contributed by atoms with Crippen LogP contribution in [0.5, 0.6) is 0 Å². The first-order valence-electron chi connectivity index (χ1n) is 4.83. The van der Waals surface area contributed by atoms with Gasteiger partial charge in [-0.15, -0.1) is 12.3 Å². The first-order valence-corrected chi connectivity index (χ1v) is 4.83. The van der Waals surface area contributed by atoms with Crippen molar-refractivity contribution in [3.8, 4) is 12.3 Å². The summed E-state index contributed by atoms with van der Waals surface area (Å²) in [5.74, 6) is 7.90. The second-order valence-electron chi connectivity index (χ2n) is 4.20. The number of hydrogen-bond acceptors (Lipinski definition) is 4. The van der Waals surface area contributed by atoms with Gasteiger partial charge in [0.2, 0.25) is 0 Å². The molecule has 16 heavy (non-hydrogen) atoms. The summed E-state index contributed by atoms with van der Waals surface area (Å²) in [6, 6.07) is -0.579. The van der Waals surface area contributed by atoms with Crippen LogP contribution in [-0.2, 0) is 4.74 Å². The Morgan fingerprint density at radius 3 is 2.62 bits per heavy atom. The Labute approximate surface area is 95.8 Å². The van der Waals surface area contributed by atoms with Gasteiger partial charge in [-0.2, -0.15) is 0 Å². The van der Waals surface area contributed by atoms with Gasteiger partial charge in [-0.05, 0) is 26.8 Å². The largest absolute Gasteiger partial charge is 0.516 e. The predicted octanol–water partition coefficient (Wildman–Crippen LogP) is 1.56. The standard InChI is InChI=1S/C11H18N2O3/c1-5-6-9(7-8-14)13(12)10(15)16-11(2,3)4/h1,7-9,14H,6,12H2,2-4H3. The fraction of sp³-hybridized carbons (Fsp3) is 0.545. The number of hydrogen-bond donors (Lipinski definition) is 2. The number of aliphatic hydroxyl groups is 1. The maximum Gasteiger partial charge on any atom is 0.425 e. The lowest BCUT2D eigenvalue weighted by molar-refractivity contribution is 0.0199. The summed E-state index contributed by atoms with van der Waals surface area (Å²) in [5.41, 5.74) is -0.627. The molecule has 0 heterocycles. The number of terminal acetylenes is 1. The molecule has 5 heteroatoms. The van der Waals surface area contributed by atoms with Gasteiger partial charge in [0.1, 0.15) is 5.60 Å². The third kappa shape index (κ3) is 5.27. The molecular formula is C11H18N2O3. The lowest BCUT2D eigenvalue weighted by Crippen LogP contribution is -2.47. The van der Waals surface area contributed by atoms with Crippen molar-refractivity contribution >= 4 is 6.09 Å². The van der Waals surface area contributed by atoms with E-state index in [9.17, 15) is 4.79 Å². The van der Waals surface area contributed by atoms with Crippen LogP contribution in [0.1, 0.15) is 27.2 Å². The van der Waals surface area contributed by atoms with Crippen LogP contribution in [0.15, 0.2) is 12.3 Å². The molecule has 5 nitrogen and oxygen atoms in total. The summed E-state index contributed by atoms with van der Waals surface area (Å²) in [4.78, 5) is 11.5. The Bertz CT molecular complexity index is 299. The second kappa shape index (κ2) is 6.03. The van der Waals surface area contributed by atoms with Crippen molar-refractivity contribution in [2.24, 2.45) is 5.84 Å². The van der Waals surface area contributed by atoms with E-state index in [0.717, 1.165) is 11.3 Å². The number of carbonyl (C=O) groups is 1. The van der Waals surface area contributed by atoms with Gasteiger partial charge in [0, 0.05) is 6.42 Å². The van der Waals surface area contributed by atoms with Gasteiger partial charge < -0.3 is 9.84 Å². The quantitative estimate of drug-likeness (QED) is 0.252. The summed E-state index contributed by atoms with van der Waals surface area (Å²) in [6.07, 6.45) is 6.76. The van der Waals surface area contributed by atoms with E-state index >= 15 is 0 Å². The number of aliphatic hydroxyl groups excluding tert-OH is 1. The van der Waals surface area contributed by atoms with E-state index in [0.29, 0.717) is 0 Å². The number of ether oxygens (including phenoxy) is 1. The topological polar surface area (TPSA) is 75.8 Å². The van der Waals surface area contributed by atoms with E-state index in [1.807, 2.05) is 0 Å². The molecule has 0 radical (unpaired) electrons. The molecule has 0 aromatic rings. The Morgan fingerprint density at radius 1 is 1.69 bits per heavy atom. The molecule has 0 saturated heterocycles. The highest BCUT2D eigenvalue weighted by atomic mass is 16.6. The van der Waals surface area contributed by atoms with Gasteiger partial charge in [-0.25, -0.2) is 15.6 Å². The zero-order valence-corrected chi connectivity index (χ0v) is 9.80. The maximum absolute atomic E-state index is 11.5. The number of nitrogens with zero attached hydrogens (tertiary/aromatic N) is 1. The highest BCUT2D eigenvalue weighted by molar-refractivity contribution is 5.68. The summed E-state index contributed by atoms with van der Waals surface area (Å²) in [5, 5.41) is 9.50. The number of carbonyl (C=O) groups excluding carboxylic acids is 1. The van der Waals surface area contributed by atoms with E-state index in [1.165, 1.54) is 6.08 Å². The molecule has 0 bridgehead atoms. The summed E-state index contributed by atoms with van der Waals surface area (Å²) in [7, 11) is 0. The van der Waals surface area contributed by atoms with E-state index in [1.54, 1.807) is 20.8 Å². The van der Waals surface area contributed by atoms with E-state index in [4.69, 9.17) is 22.1 Å². The van der Waals surface area contributed by atoms with Crippen LogP contribution in [0.3, 0.4) is 0 Å². The van der Waals surface area contributed by atoms with E-state index < -0.39 is 17.7 Å². The Balaban J connectivity index is 4.56. The van der Waals surface area contributed by atoms with Gasteiger partial charge in [0.05, 0.1) is 12.3 Å². The van der Waals surface area contributed by atoms with Crippen molar-refractivity contribution in [3.63, 3.8) is 0 Å². The monoisotopic (exact) mass is 226 g/mol. The minimum Gasteiger partial charge on any atom is -0.516 e. The highest BCUT2D eigenvalue weighted by Gasteiger charge is 2.24. The molecule has 0 aromatic heterocycles. The lowest BCUT2D eigenvalue weighted by Gasteiger charge is -2.27. The zero-order chi connectivity index (χ0) is 12.8. The molecule has 0 aliphatic rings. The van der Waals surface area contributed by atoms with Crippen LogP contribution in [-0.4, -0.2) is 27.9 Å². The van der Waals surface area contributed by atoms with Crippen LogP contribution in [0.25, 0.3) is 0 Å². The molecular weight excluding hydrogens is 208 g/mol. The second-order valence-corrected chi connectivity index (χ2v) is 4.20. The van der Waals surface area contributed by atoms with Crippen LogP contribution >= 0.6 is 0 Å². The van der Waals surface area contributed by atoms with Gasteiger partial charge in [-0.1, -0.05) is 0 Å². The average Bonchev–Trinajstić information content (AvgIpc) is 2.13. The molecule has 90 valence electrons. The van der Waals surface area contributed by atoms with E-state index in [-0.39, 0.29) is 6.42 Å². The van der Waals surface area contributed by atoms with Crippen LogP contribution < -0.4 is 5.84 Å². The Hall–Kier alpha value is -1.67. The predicted molar refractivity (Wildman–Crippen MR) is 61.3 cm³/mol. The molecule has 0 fully saturated rings. The molecule has 0 saturated carbocycles. The molecule has 0 aliphatic heterocycles. The maximum atomic E-state index is 11.5. The summed E-state index contributed by atoms with van der Waals surface area (Å²) in [6.45, 7) is 5.20. The third-order valence-electron chi connectivity index (χ3n) is 1.60. The Kier molecular flexibility index (Phi) is 5.40. The zero-order valence-electron chi connectivity index (χ0n) is 9.80. The van der Waals surface area contributed by atoms with E-state index in [2.05, 4.69) is 5.92 Å². The third-order valence-corrected chi connectivity index (χ3v) is 1.60. The van der Waals surface area contributed by atoms with Crippen LogP contribution in [0.2, 0.25) is 0 Å². The fourth-order valence-electron chi connectivity index (χ4n) is 0.929.